The molecule has 1 saturated heterocycles. The van der Waals surface area contributed by atoms with Gasteiger partial charge >= 0.3 is 20.2 Å². The fourth-order valence-corrected chi connectivity index (χ4v) is 4.74. The van der Waals surface area contributed by atoms with E-state index in [0.717, 1.165) is 7.05 Å². The number of ether oxygens (including phenoxy) is 2. The predicted molar refractivity (Wildman–Crippen MR) is 123 cm³/mol. The summed E-state index contributed by atoms with van der Waals surface area (Å²) in [4.78, 5) is 24.7. The zero-order valence-corrected chi connectivity index (χ0v) is 20.7. The number of benzene rings is 2. The first kappa shape index (κ1) is 26.0. The molecule has 3 rings (SSSR count). The molecule has 0 aliphatic carbocycles. The Morgan fingerprint density at radius 3 is 1.34 bits per heavy atom. The normalized spacial score (nSPS) is 16.9. The van der Waals surface area contributed by atoms with E-state index in [1.807, 2.05) is 0 Å². The maximum absolute atomic E-state index is 12.4. The summed E-state index contributed by atoms with van der Waals surface area (Å²) >= 11 is 0.276. The van der Waals surface area contributed by atoms with Gasteiger partial charge in [0, 0.05) is 7.05 Å². The lowest BCUT2D eigenvalue weighted by atomic mass is 10.3. The summed E-state index contributed by atoms with van der Waals surface area (Å²) in [6, 6.07) is 10.3. The topological polar surface area (TPSA) is 167 Å². The molecule has 0 spiro atoms. The van der Waals surface area contributed by atoms with E-state index < -0.39 is 42.1 Å². The second-order valence-electron chi connectivity index (χ2n) is 6.47. The van der Waals surface area contributed by atoms with Gasteiger partial charge in [-0.3, -0.25) is 23.1 Å². The number of carbonyl (C=O) groups excluding carboxylic acids is 2. The lowest BCUT2D eigenvalue weighted by molar-refractivity contribution is -0.134. The molecule has 0 N–H and O–H groups in total. The monoisotopic (exact) mass is 543 g/mol. The number of carbonyl (C=O) groups is 2. The maximum atomic E-state index is 12.4. The molecule has 13 nitrogen and oxygen atoms in total. The minimum absolute atomic E-state index is 0.275. The van der Waals surface area contributed by atoms with E-state index in [-0.39, 0.29) is 21.6 Å². The Labute approximate surface area is 204 Å². The number of nitrogens with zero attached hydrogens (tertiary/aromatic N) is 3. The minimum Gasteiger partial charge on any atom is -0.497 e. The summed E-state index contributed by atoms with van der Waals surface area (Å²) in [5, 5.41) is 5.45. The fourth-order valence-electron chi connectivity index (χ4n) is 2.41. The van der Waals surface area contributed by atoms with Gasteiger partial charge in [0.1, 0.15) is 21.3 Å². The predicted octanol–water partition coefficient (Wildman–Crippen LogP) is 1.17. The van der Waals surface area contributed by atoms with Gasteiger partial charge in [-0.25, -0.2) is 0 Å². The van der Waals surface area contributed by atoms with Crippen LogP contribution in [0.15, 0.2) is 68.6 Å². The van der Waals surface area contributed by atoms with Crippen molar-refractivity contribution >= 4 is 53.9 Å². The Balaban J connectivity index is 1.81. The minimum atomic E-state index is -4.42. The molecule has 186 valence electrons. The first-order valence-electron chi connectivity index (χ1n) is 9.30. The van der Waals surface area contributed by atoms with Crippen molar-refractivity contribution < 1.29 is 44.5 Å². The van der Waals surface area contributed by atoms with Gasteiger partial charge in [0.25, 0.3) is 11.8 Å². The zero-order chi connectivity index (χ0) is 25.8. The molecule has 1 fully saturated rings. The number of imide groups is 1. The standard InChI is InChI=1S/C19H17N3O10S3/c1-22-18(23)16(20-31-34(25,26)14-8-4-12(29-2)5-9-14)33-17(19(22)24)21-32-35(27,28)15-10-6-13(30-3)7-11-15/h4-11H,1-3H3. The average molecular weight is 544 g/mol. The molecule has 16 heteroatoms. The molecular formula is C19H17N3O10S3. The molecule has 0 saturated carbocycles. The summed E-state index contributed by atoms with van der Waals surface area (Å²) in [5.74, 6) is -1.19. The zero-order valence-electron chi connectivity index (χ0n) is 18.3. The SMILES string of the molecule is COc1ccc(S(=O)(=O)ON=C2SC(=NOS(=O)(=O)c3ccc(OC)cc3)C(=O)N(C)C2=O)cc1. The molecule has 1 heterocycles. The molecule has 0 bridgehead atoms. The van der Waals surface area contributed by atoms with Crippen LogP contribution >= 0.6 is 11.8 Å². The number of rotatable bonds is 8. The van der Waals surface area contributed by atoms with Crippen LogP contribution in [-0.2, 0) is 38.4 Å². The van der Waals surface area contributed by atoms with Gasteiger partial charge in [-0.1, -0.05) is 10.3 Å². The Bertz CT molecular complexity index is 1290. The number of methoxy groups -OCH3 is 2. The third-order valence-electron chi connectivity index (χ3n) is 4.30. The van der Waals surface area contributed by atoms with Gasteiger partial charge in [-0.15, -0.1) is 0 Å². The highest BCUT2D eigenvalue weighted by molar-refractivity contribution is 8.29. The van der Waals surface area contributed by atoms with Crippen LogP contribution in [0.4, 0.5) is 0 Å². The smallest absolute Gasteiger partial charge is 0.358 e. The van der Waals surface area contributed by atoms with Crippen LogP contribution in [0.5, 0.6) is 11.5 Å². The highest BCUT2D eigenvalue weighted by atomic mass is 32.2. The maximum Gasteiger partial charge on any atom is 0.358 e. The number of thioether (sulfide) groups is 1. The Morgan fingerprint density at radius 2 is 1.03 bits per heavy atom. The Hall–Kier alpha value is -3.63. The van der Waals surface area contributed by atoms with Crippen molar-refractivity contribution in [3.8, 4) is 11.5 Å². The molecule has 2 aromatic carbocycles. The molecule has 2 aromatic rings. The molecule has 0 aromatic heterocycles. The van der Waals surface area contributed by atoms with E-state index >= 15 is 0 Å². The summed E-state index contributed by atoms with van der Waals surface area (Å²) in [5.41, 5.74) is 0. The van der Waals surface area contributed by atoms with Crippen molar-refractivity contribution in [3.05, 3.63) is 48.5 Å². The molecule has 35 heavy (non-hydrogen) atoms. The lowest BCUT2D eigenvalue weighted by Gasteiger charge is -2.21. The summed E-state index contributed by atoms with van der Waals surface area (Å²) in [6.45, 7) is 0. The van der Waals surface area contributed by atoms with Gasteiger partial charge in [-0.05, 0) is 60.3 Å². The summed E-state index contributed by atoms with van der Waals surface area (Å²) in [7, 11) is -4.98. The molecule has 0 radical (unpaired) electrons. The van der Waals surface area contributed by atoms with Crippen LogP contribution in [0.25, 0.3) is 0 Å². The van der Waals surface area contributed by atoms with Crippen LogP contribution in [0.3, 0.4) is 0 Å². The van der Waals surface area contributed by atoms with E-state index in [2.05, 4.69) is 18.9 Å². The fraction of sp³-hybridized carbons (Fsp3) is 0.158. The van der Waals surface area contributed by atoms with Crippen LogP contribution < -0.4 is 9.47 Å². The van der Waals surface area contributed by atoms with Gasteiger partial charge in [0.05, 0.1) is 14.2 Å². The molecular weight excluding hydrogens is 526 g/mol. The van der Waals surface area contributed by atoms with Crippen molar-refractivity contribution in [2.75, 3.05) is 21.3 Å². The highest BCUT2D eigenvalue weighted by Gasteiger charge is 2.37. The molecule has 2 amide bonds. The Kier molecular flexibility index (Phi) is 7.67. The molecule has 0 unspecified atom stereocenters. The van der Waals surface area contributed by atoms with Crippen molar-refractivity contribution in [1.82, 2.24) is 4.90 Å². The van der Waals surface area contributed by atoms with Crippen LogP contribution in [0.1, 0.15) is 0 Å². The van der Waals surface area contributed by atoms with E-state index in [1.54, 1.807) is 0 Å². The van der Waals surface area contributed by atoms with Crippen LogP contribution in [0.2, 0.25) is 0 Å². The third kappa shape index (κ3) is 5.90. The van der Waals surface area contributed by atoms with Crippen molar-refractivity contribution in [2.24, 2.45) is 10.3 Å². The van der Waals surface area contributed by atoms with E-state index in [0.29, 0.717) is 16.4 Å². The number of hydrogen-bond donors (Lipinski definition) is 0. The summed E-state index contributed by atoms with van der Waals surface area (Å²) < 4.78 is 68.5. The molecule has 1 aliphatic heterocycles. The number of amides is 2. The first-order valence-corrected chi connectivity index (χ1v) is 12.9. The van der Waals surface area contributed by atoms with Gasteiger partial charge < -0.3 is 9.47 Å². The second-order valence-corrected chi connectivity index (χ2v) is 10.5. The van der Waals surface area contributed by atoms with Gasteiger partial charge in [0.2, 0.25) is 10.1 Å². The van der Waals surface area contributed by atoms with Gasteiger partial charge in [-0.2, -0.15) is 16.8 Å². The number of hydrogen-bond acceptors (Lipinski definition) is 13. The highest BCUT2D eigenvalue weighted by Crippen LogP contribution is 2.23. The van der Waals surface area contributed by atoms with E-state index in [9.17, 15) is 26.4 Å². The van der Waals surface area contributed by atoms with Crippen LogP contribution in [-0.4, -0.2) is 64.9 Å². The van der Waals surface area contributed by atoms with Gasteiger partial charge in [0.15, 0.2) is 0 Å². The summed E-state index contributed by atoms with van der Waals surface area (Å²) in [6.07, 6.45) is 0. The van der Waals surface area contributed by atoms with E-state index in [1.165, 1.54) is 62.8 Å². The van der Waals surface area contributed by atoms with Crippen LogP contribution in [0, 0.1) is 0 Å². The second kappa shape index (κ2) is 10.3. The number of oxime groups is 2. The Morgan fingerprint density at radius 1 is 0.686 bits per heavy atom. The van der Waals surface area contributed by atoms with Crippen molar-refractivity contribution in [2.45, 2.75) is 9.79 Å². The first-order chi connectivity index (χ1) is 16.5. The third-order valence-corrected chi connectivity index (χ3v) is 7.43. The molecule has 1 aliphatic rings. The largest absolute Gasteiger partial charge is 0.497 e. The van der Waals surface area contributed by atoms with Crippen molar-refractivity contribution in [1.29, 1.82) is 0 Å². The average Bonchev–Trinajstić information content (AvgIpc) is 2.86. The van der Waals surface area contributed by atoms with Crippen molar-refractivity contribution in [3.63, 3.8) is 0 Å². The quantitative estimate of drug-likeness (QED) is 0.346. The lowest BCUT2D eigenvalue weighted by Crippen LogP contribution is -2.45. The van der Waals surface area contributed by atoms with E-state index in [4.69, 9.17) is 9.47 Å². The molecule has 0 atom stereocenters.